The maximum absolute atomic E-state index is 13.2. The molecule has 1 heterocycles. The summed E-state index contributed by atoms with van der Waals surface area (Å²) in [7, 11) is -3.13. The average Bonchev–Trinajstić information content (AvgIpc) is 3.23. The van der Waals surface area contributed by atoms with E-state index in [1.54, 1.807) is 6.07 Å². The van der Waals surface area contributed by atoms with Crippen molar-refractivity contribution in [3.05, 3.63) is 35.6 Å². The van der Waals surface area contributed by atoms with Crippen LogP contribution in [-0.4, -0.2) is 37.7 Å². The Bertz CT molecular complexity index is 601. The molecular weight excluding hydrogens is 291 g/mol. The number of rotatable bonds is 5. The highest BCUT2D eigenvalue weighted by Gasteiger charge is 2.37. The summed E-state index contributed by atoms with van der Waals surface area (Å²) in [6, 6.07) is 6.57. The van der Waals surface area contributed by atoms with Gasteiger partial charge in [-0.15, -0.1) is 0 Å². The topological polar surface area (TPSA) is 49.4 Å². The van der Waals surface area contributed by atoms with Gasteiger partial charge in [0.05, 0.1) is 5.25 Å². The smallest absolute Gasteiger partial charge is 0.214 e. The fourth-order valence-electron chi connectivity index (χ4n) is 2.90. The van der Waals surface area contributed by atoms with Crippen LogP contribution < -0.4 is 4.72 Å². The van der Waals surface area contributed by atoms with Crippen LogP contribution in [0.3, 0.4) is 0 Å². The van der Waals surface area contributed by atoms with E-state index in [0.29, 0.717) is 13.1 Å². The van der Waals surface area contributed by atoms with Gasteiger partial charge in [0.25, 0.3) is 0 Å². The maximum Gasteiger partial charge on any atom is 0.214 e. The van der Waals surface area contributed by atoms with Gasteiger partial charge in [-0.05, 0) is 49.9 Å². The third kappa shape index (κ3) is 4.02. The summed E-state index contributed by atoms with van der Waals surface area (Å²) in [5, 5.41) is -0.170. The molecule has 3 rings (SSSR count). The second-order valence-corrected chi connectivity index (χ2v) is 8.06. The molecule has 1 aliphatic heterocycles. The van der Waals surface area contributed by atoms with Crippen LogP contribution in [0.1, 0.15) is 31.2 Å². The quantitative estimate of drug-likeness (QED) is 0.903. The number of sulfonamides is 1. The van der Waals surface area contributed by atoms with Crippen molar-refractivity contribution in [3.63, 3.8) is 0 Å². The third-order valence-corrected chi connectivity index (χ3v) is 6.11. The Kier molecular flexibility index (Phi) is 4.28. The van der Waals surface area contributed by atoms with Gasteiger partial charge in [0.1, 0.15) is 5.82 Å². The lowest BCUT2D eigenvalue weighted by atomic mass is 10.1. The molecule has 1 atom stereocenters. The molecule has 0 amide bonds. The Balaban J connectivity index is 1.58. The van der Waals surface area contributed by atoms with Gasteiger partial charge in [-0.1, -0.05) is 12.1 Å². The number of nitrogens with one attached hydrogen (secondary N) is 1. The van der Waals surface area contributed by atoms with E-state index in [9.17, 15) is 12.8 Å². The largest absolute Gasteiger partial charge is 0.297 e. The van der Waals surface area contributed by atoms with Crippen LogP contribution in [0.4, 0.5) is 4.39 Å². The maximum atomic E-state index is 13.2. The summed E-state index contributed by atoms with van der Waals surface area (Å²) >= 11 is 0. The number of piperidine rings is 1. The summed E-state index contributed by atoms with van der Waals surface area (Å²) in [5.74, 6) is -0.226. The van der Waals surface area contributed by atoms with Crippen molar-refractivity contribution in [1.82, 2.24) is 9.62 Å². The molecule has 1 saturated heterocycles. The van der Waals surface area contributed by atoms with E-state index in [1.165, 1.54) is 12.1 Å². The summed E-state index contributed by atoms with van der Waals surface area (Å²) in [6.07, 6.45) is 3.42. The third-order valence-electron chi connectivity index (χ3n) is 4.09. The van der Waals surface area contributed by atoms with Crippen molar-refractivity contribution < 1.29 is 12.8 Å². The normalized spacial score (nSPS) is 24.1. The molecule has 1 aliphatic carbocycles. The first-order valence-electron chi connectivity index (χ1n) is 7.51. The molecule has 0 spiro atoms. The zero-order valence-corrected chi connectivity index (χ0v) is 12.8. The number of likely N-dealkylation sites (tertiary alicyclic amines) is 1. The van der Waals surface area contributed by atoms with Gasteiger partial charge < -0.3 is 0 Å². The molecule has 1 unspecified atom stereocenters. The second-order valence-electron chi connectivity index (χ2n) is 6.07. The highest BCUT2D eigenvalue weighted by Crippen LogP contribution is 2.28. The Morgan fingerprint density at radius 3 is 2.81 bits per heavy atom. The Hall–Kier alpha value is -0.980. The predicted molar refractivity (Wildman–Crippen MR) is 79.8 cm³/mol. The van der Waals surface area contributed by atoms with Crippen LogP contribution in [0, 0.1) is 5.82 Å². The van der Waals surface area contributed by atoms with Crippen LogP contribution in [0.2, 0.25) is 0 Å². The lowest BCUT2D eigenvalue weighted by molar-refractivity contribution is 0.194. The summed E-state index contributed by atoms with van der Waals surface area (Å²) in [6.45, 7) is 2.29. The fourth-order valence-corrected chi connectivity index (χ4v) is 4.50. The molecule has 116 valence electrons. The molecule has 0 aromatic heterocycles. The Labute approximate surface area is 125 Å². The minimum atomic E-state index is -3.13. The van der Waals surface area contributed by atoms with E-state index < -0.39 is 10.0 Å². The van der Waals surface area contributed by atoms with Crippen LogP contribution in [0.15, 0.2) is 24.3 Å². The van der Waals surface area contributed by atoms with Crippen molar-refractivity contribution in [2.45, 2.75) is 43.5 Å². The van der Waals surface area contributed by atoms with Gasteiger partial charge in [-0.2, -0.15) is 0 Å². The molecule has 6 heteroatoms. The first kappa shape index (κ1) is 14.9. The van der Waals surface area contributed by atoms with E-state index >= 15 is 0 Å². The molecule has 0 bridgehead atoms. The minimum Gasteiger partial charge on any atom is -0.297 e. The lowest BCUT2D eigenvalue weighted by Crippen LogP contribution is -2.48. The van der Waals surface area contributed by atoms with Crippen molar-refractivity contribution in [3.8, 4) is 0 Å². The van der Waals surface area contributed by atoms with E-state index in [0.717, 1.165) is 37.8 Å². The van der Waals surface area contributed by atoms with Crippen LogP contribution in [0.25, 0.3) is 0 Å². The fraction of sp³-hybridized carbons (Fsp3) is 0.600. The molecular formula is C15H21FN2O2S. The lowest BCUT2D eigenvalue weighted by Gasteiger charge is -2.33. The number of nitrogens with zero attached hydrogens (tertiary/aromatic N) is 1. The summed E-state index contributed by atoms with van der Waals surface area (Å²) in [5.41, 5.74) is 0.931. The first-order valence-corrected chi connectivity index (χ1v) is 9.05. The Morgan fingerprint density at radius 2 is 2.10 bits per heavy atom. The molecule has 2 aliphatic rings. The zero-order chi connectivity index (χ0) is 14.9. The molecule has 21 heavy (non-hydrogen) atoms. The van der Waals surface area contributed by atoms with Gasteiger partial charge in [0, 0.05) is 19.1 Å². The number of hydrogen-bond acceptors (Lipinski definition) is 3. The standard InChI is InChI=1S/C15H21FN2O2S/c16-13-4-1-3-12(9-13)10-18-8-2-5-14(11-18)17-21(19,20)15-6-7-15/h1,3-4,9,14-15,17H,2,5-8,10-11H2. The SMILES string of the molecule is O=S(=O)(NC1CCCN(Cc2cccc(F)c2)C1)C1CC1. The van der Waals surface area contributed by atoms with Gasteiger partial charge in [0.15, 0.2) is 0 Å². The van der Waals surface area contributed by atoms with E-state index in [4.69, 9.17) is 0 Å². The van der Waals surface area contributed by atoms with Crippen molar-refractivity contribution in [2.75, 3.05) is 13.1 Å². The van der Waals surface area contributed by atoms with E-state index in [1.807, 2.05) is 6.07 Å². The first-order chi connectivity index (χ1) is 10.0. The molecule has 2 fully saturated rings. The number of hydrogen-bond donors (Lipinski definition) is 1. The molecule has 1 saturated carbocycles. The van der Waals surface area contributed by atoms with Gasteiger partial charge in [-0.3, -0.25) is 4.90 Å². The molecule has 1 N–H and O–H groups in total. The summed E-state index contributed by atoms with van der Waals surface area (Å²) < 4.78 is 40.0. The molecule has 1 aromatic rings. The number of benzene rings is 1. The van der Waals surface area contributed by atoms with Gasteiger partial charge in [-0.25, -0.2) is 17.5 Å². The predicted octanol–water partition coefficient (Wildman–Crippen LogP) is 1.87. The highest BCUT2D eigenvalue weighted by atomic mass is 32.2. The molecule has 1 aromatic carbocycles. The van der Waals surface area contributed by atoms with Crippen LogP contribution >= 0.6 is 0 Å². The van der Waals surface area contributed by atoms with Crippen LogP contribution in [0.5, 0.6) is 0 Å². The van der Waals surface area contributed by atoms with E-state index in [-0.39, 0.29) is 17.1 Å². The highest BCUT2D eigenvalue weighted by molar-refractivity contribution is 7.90. The zero-order valence-electron chi connectivity index (χ0n) is 12.0. The van der Waals surface area contributed by atoms with Crippen molar-refractivity contribution in [1.29, 1.82) is 0 Å². The van der Waals surface area contributed by atoms with Crippen molar-refractivity contribution >= 4 is 10.0 Å². The Morgan fingerprint density at radius 1 is 1.29 bits per heavy atom. The molecule has 0 radical (unpaired) electrons. The van der Waals surface area contributed by atoms with E-state index in [2.05, 4.69) is 9.62 Å². The van der Waals surface area contributed by atoms with Crippen LogP contribution in [-0.2, 0) is 16.6 Å². The summed E-state index contributed by atoms with van der Waals surface area (Å²) in [4.78, 5) is 2.19. The average molecular weight is 312 g/mol. The number of halogens is 1. The van der Waals surface area contributed by atoms with Crippen molar-refractivity contribution in [2.24, 2.45) is 0 Å². The van der Waals surface area contributed by atoms with Gasteiger partial charge >= 0.3 is 0 Å². The second kappa shape index (κ2) is 6.02. The van der Waals surface area contributed by atoms with Gasteiger partial charge in [0.2, 0.25) is 10.0 Å². The minimum absolute atomic E-state index is 0.0158. The molecule has 4 nitrogen and oxygen atoms in total. The monoisotopic (exact) mass is 312 g/mol.